The van der Waals surface area contributed by atoms with Gasteiger partial charge in [0, 0.05) is 31.3 Å². The van der Waals surface area contributed by atoms with Gasteiger partial charge in [-0.1, -0.05) is 23.8 Å². The standard InChI is InChI=1S/C24H27NO4/c1-15-5-8-17(9-6-15)29-21-10-7-16(24(2,3)27)13-19(21)20-14-25(4)23(26)22-18(20)11-12-28-22/h5-10,13-14,18,22,27H,11-12H2,1-4H3. The van der Waals surface area contributed by atoms with E-state index in [1.807, 2.05) is 55.6 Å². The third kappa shape index (κ3) is 3.80. The number of nitrogens with zero attached hydrogens (tertiary/aromatic N) is 1. The molecule has 2 atom stereocenters. The Morgan fingerprint density at radius 1 is 1.17 bits per heavy atom. The van der Waals surface area contributed by atoms with Crippen LogP contribution in [0.25, 0.3) is 5.57 Å². The average molecular weight is 393 g/mol. The van der Waals surface area contributed by atoms with E-state index in [-0.39, 0.29) is 11.8 Å². The molecule has 1 amide bonds. The molecule has 4 rings (SSSR count). The fraction of sp³-hybridized carbons (Fsp3) is 0.375. The highest BCUT2D eigenvalue weighted by Crippen LogP contribution is 2.43. The first-order chi connectivity index (χ1) is 13.7. The van der Waals surface area contributed by atoms with Gasteiger partial charge >= 0.3 is 0 Å². The lowest BCUT2D eigenvalue weighted by atomic mass is 9.83. The molecule has 1 saturated heterocycles. The molecule has 0 bridgehead atoms. The van der Waals surface area contributed by atoms with E-state index in [2.05, 4.69) is 0 Å². The van der Waals surface area contributed by atoms with Gasteiger partial charge in [0.25, 0.3) is 5.91 Å². The van der Waals surface area contributed by atoms with Crippen molar-refractivity contribution in [3.63, 3.8) is 0 Å². The second-order valence-corrected chi connectivity index (χ2v) is 8.41. The normalized spacial score (nSPS) is 21.8. The maximum atomic E-state index is 12.5. The first kappa shape index (κ1) is 19.7. The predicted octanol–water partition coefficient (Wildman–Crippen LogP) is 4.23. The number of hydrogen-bond donors (Lipinski definition) is 1. The largest absolute Gasteiger partial charge is 0.457 e. The lowest BCUT2D eigenvalue weighted by Gasteiger charge is -2.32. The van der Waals surface area contributed by atoms with E-state index in [1.54, 1.807) is 25.8 Å². The summed E-state index contributed by atoms with van der Waals surface area (Å²) in [5.74, 6) is 1.40. The number of likely N-dealkylation sites (N-methyl/N-ethyl adjacent to an activating group) is 1. The van der Waals surface area contributed by atoms with Crippen LogP contribution in [0, 0.1) is 12.8 Å². The molecule has 29 heavy (non-hydrogen) atoms. The number of carbonyl (C=O) groups excluding carboxylic acids is 1. The Morgan fingerprint density at radius 2 is 1.90 bits per heavy atom. The zero-order valence-corrected chi connectivity index (χ0v) is 17.3. The number of aliphatic hydroxyl groups is 1. The minimum Gasteiger partial charge on any atom is -0.457 e. The van der Waals surface area contributed by atoms with Gasteiger partial charge in [-0.05, 0) is 62.6 Å². The van der Waals surface area contributed by atoms with Crippen LogP contribution in [0.3, 0.4) is 0 Å². The van der Waals surface area contributed by atoms with Crippen LogP contribution in [0.5, 0.6) is 11.5 Å². The SMILES string of the molecule is Cc1ccc(Oc2ccc(C(C)(C)O)cc2C2=CN(C)C(=O)C3OCCC23)cc1. The summed E-state index contributed by atoms with van der Waals surface area (Å²) in [6, 6.07) is 13.6. The van der Waals surface area contributed by atoms with Crippen LogP contribution < -0.4 is 4.74 Å². The van der Waals surface area contributed by atoms with Crippen LogP contribution in [0.1, 0.15) is 37.0 Å². The van der Waals surface area contributed by atoms with Gasteiger partial charge in [-0.15, -0.1) is 0 Å². The van der Waals surface area contributed by atoms with Crippen molar-refractivity contribution < 1.29 is 19.4 Å². The summed E-state index contributed by atoms with van der Waals surface area (Å²) in [4.78, 5) is 14.1. The molecule has 2 aliphatic rings. The molecule has 2 aliphatic heterocycles. The number of carbonyl (C=O) groups is 1. The molecule has 0 spiro atoms. The fourth-order valence-electron chi connectivity index (χ4n) is 3.95. The van der Waals surface area contributed by atoms with Crippen LogP contribution in [-0.2, 0) is 15.1 Å². The smallest absolute Gasteiger partial charge is 0.256 e. The number of amides is 1. The van der Waals surface area contributed by atoms with E-state index < -0.39 is 11.7 Å². The quantitative estimate of drug-likeness (QED) is 0.844. The molecule has 1 fully saturated rings. The van der Waals surface area contributed by atoms with Gasteiger partial charge < -0.3 is 19.5 Å². The average Bonchev–Trinajstić information content (AvgIpc) is 3.16. The highest BCUT2D eigenvalue weighted by molar-refractivity contribution is 5.91. The molecule has 152 valence electrons. The van der Waals surface area contributed by atoms with Crippen molar-refractivity contribution in [1.82, 2.24) is 4.90 Å². The Balaban J connectivity index is 1.81. The lowest BCUT2D eigenvalue weighted by molar-refractivity contribution is -0.138. The van der Waals surface area contributed by atoms with Gasteiger partial charge in [0.15, 0.2) is 0 Å². The molecule has 0 radical (unpaired) electrons. The zero-order valence-electron chi connectivity index (χ0n) is 17.3. The molecular weight excluding hydrogens is 366 g/mol. The van der Waals surface area contributed by atoms with Gasteiger partial charge in [0.05, 0.1) is 5.60 Å². The summed E-state index contributed by atoms with van der Waals surface area (Å²) in [5, 5.41) is 10.6. The van der Waals surface area contributed by atoms with Gasteiger partial charge in [-0.25, -0.2) is 0 Å². The van der Waals surface area contributed by atoms with E-state index in [4.69, 9.17) is 9.47 Å². The lowest BCUT2D eigenvalue weighted by Crippen LogP contribution is -2.41. The maximum absolute atomic E-state index is 12.5. The van der Waals surface area contributed by atoms with E-state index in [0.29, 0.717) is 12.4 Å². The van der Waals surface area contributed by atoms with Gasteiger partial charge in [0.2, 0.25) is 0 Å². The van der Waals surface area contributed by atoms with Crippen molar-refractivity contribution in [2.45, 2.75) is 38.9 Å². The van der Waals surface area contributed by atoms with Gasteiger partial charge in [0.1, 0.15) is 17.6 Å². The van der Waals surface area contributed by atoms with Crippen LogP contribution in [0.2, 0.25) is 0 Å². The van der Waals surface area contributed by atoms with E-state index >= 15 is 0 Å². The monoisotopic (exact) mass is 393 g/mol. The van der Waals surface area contributed by atoms with E-state index in [0.717, 1.165) is 34.4 Å². The molecule has 1 N–H and O–H groups in total. The van der Waals surface area contributed by atoms with Crippen LogP contribution in [0.15, 0.2) is 48.7 Å². The third-order valence-electron chi connectivity index (χ3n) is 5.66. The molecule has 2 aromatic rings. The Labute approximate surface area is 171 Å². The third-order valence-corrected chi connectivity index (χ3v) is 5.66. The molecule has 5 heteroatoms. The molecule has 0 aromatic heterocycles. The first-order valence-corrected chi connectivity index (χ1v) is 9.96. The van der Waals surface area contributed by atoms with Crippen molar-refractivity contribution in [1.29, 1.82) is 0 Å². The first-order valence-electron chi connectivity index (χ1n) is 9.96. The van der Waals surface area contributed by atoms with Crippen molar-refractivity contribution in [3.05, 3.63) is 65.4 Å². The summed E-state index contributed by atoms with van der Waals surface area (Å²) in [7, 11) is 1.75. The number of hydrogen-bond acceptors (Lipinski definition) is 4. The van der Waals surface area contributed by atoms with Gasteiger partial charge in [-0.2, -0.15) is 0 Å². The summed E-state index contributed by atoms with van der Waals surface area (Å²) >= 11 is 0. The maximum Gasteiger partial charge on any atom is 0.256 e. The molecular formula is C24H27NO4. The predicted molar refractivity (Wildman–Crippen MR) is 112 cm³/mol. The summed E-state index contributed by atoms with van der Waals surface area (Å²) in [6.45, 7) is 6.12. The summed E-state index contributed by atoms with van der Waals surface area (Å²) < 4.78 is 12.0. The van der Waals surface area contributed by atoms with Crippen molar-refractivity contribution in [3.8, 4) is 11.5 Å². The Kier molecular flexibility index (Phi) is 4.97. The van der Waals surface area contributed by atoms with E-state index in [1.165, 1.54) is 0 Å². The second-order valence-electron chi connectivity index (χ2n) is 8.41. The second kappa shape index (κ2) is 7.32. The Morgan fingerprint density at radius 3 is 2.59 bits per heavy atom. The number of fused-ring (bicyclic) bond motifs is 1. The highest BCUT2D eigenvalue weighted by atomic mass is 16.5. The summed E-state index contributed by atoms with van der Waals surface area (Å²) in [6.07, 6.45) is 2.20. The van der Waals surface area contributed by atoms with Crippen LogP contribution in [-0.4, -0.2) is 35.7 Å². The molecule has 0 saturated carbocycles. The topological polar surface area (TPSA) is 59.0 Å². The molecule has 0 aliphatic carbocycles. The fourth-order valence-corrected chi connectivity index (χ4v) is 3.95. The molecule has 5 nitrogen and oxygen atoms in total. The molecule has 2 unspecified atom stereocenters. The van der Waals surface area contributed by atoms with Crippen LogP contribution >= 0.6 is 0 Å². The highest BCUT2D eigenvalue weighted by Gasteiger charge is 2.42. The molecule has 2 aromatic carbocycles. The minimum absolute atomic E-state index is 0.0175. The summed E-state index contributed by atoms with van der Waals surface area (Å²) in [5.41, 5.74) is 2.85. The Bertz CT molecular complexity index is 956. The number of aryl methyl sites for hydroxylation is 1. The zero-order chi connectivity index (χ0) is 20.8. The van der Waals surface area contributed by atoms with E-state index in [9.17, 15) is 9.90 Å². The number of rotatable bonds is 4. The van der Waals surface area contributed by atoms with Crippen molar-refractivity contribution in [2.24, 2.45) is 5.92 Å². The van der Waals surface area contributed by atoms with Crippen LogP contribution in [0.4, 0.5) is 0 Å². The van der Waals surface area contributed by atoms with Crippen molar-refractivity contribution >= 4 is 11.5 Å². The number of ether oxygens (including phenoxy) is 2. The van der Waals surface area contributed by atoms with Crippen molar-refractivity contribution in [2.75, 3.05) is 13.7 Å². The molecule has 2 heterocycles. The number of benzene rings is 2. The minimum atomic E-state index is -0.986. The Hall–Kier alpha value is -2.63. The van der Waals surface area contributed by atoms with Gasteiger partial charge in [-0.3, -0.25) is 4.79 Å².